The van der Waals surface area contributed by atoms with Gasteiger partial charge in [-0.3, -0.25) is 10.2 Å². The van der Waals surface area contributed by atoms with Crippen LogP contribution in [-0.2, 0) is 17.6 Å². The van der Waals surface area contributed by atoms with Crippen molar-refractivity contribution in [2.24, 2.45) is 0 Å². The fourth-order valence-corrected chi connectivity index (χ4v) is 5.59. The molecule has 1 aromatic carbocycles. The number of nitrogens with one attached hydrogen (secondary N) is 2. The Hall–Kier alpha value is -3.13. The molecule has 2 N–H and O–H groups in total. The van der Waals surface area contributed by atoms with E-state index in [-0.39, 0.29) is 17.7 Å². The van der Waals surface area contributed by atoms with Crippen LogP contribution in [0.3, 0.4) is 0 Å². The highest BCUT2D eigenvalue weighted by atomic mass is 32.1. The lowest BCUT2D eigenvalue weighted by atomic mass is 9.95. The van der Waals surface area contributed by atoms with Gasteiger partial charge in [0.15, 0.2) is 0 Å². The quantitative estimate of drug-likeness (QED) is 0.470. The fraction of sp³-hybridized carbons (Fsp3) is 0.400. The zero-order chi connectivity index (χ0) is 23.5. The van der Waals surface area contributed by atoms with Crippen molar-refractivity contribution in [2.45, 2.75) is 46.5 Å². The maximum absolute atomic E-state index is 13.1. The van der Waals surface area contributed by atoms with Gasteiger partial charge >= 0.3 is 5.97 Å². The Morgan fingerprint density at radius 1 is 1.15 bits per heavy atom. The summed E-state index contributed by atoms with van der Waals surface area (Å²) in [5.41, 5.74) is 2.92. The largest absolute Gasteiger partial charge is 0.462 e. The standard InChI is InChI=1S/C25H29N3O4S/c1-4-28(5-2)16-12-11-15-13-18(22(26)32-19(15)14-16)23(29)27-24-21(25(30)31-6-3)17-9-7-8-10-20(17)33-24/h11-14,26H,4-10H2,1-3H3,(H,27,29). The van der Waals surface area contributed by atoms with Gasteiger partial charge in [-0.05, 0) is 70.2 Å². The number of esters is 1. The minimum atomic E-state index is -0.470. The highest BCUT2D eigenvalue weighted by molar-refractivity contribution is 7.17. The molecule has 2 heterocycles. The third-order valence-electron chi connectivity index (χ3n) is 6.00. The number of fused-ring (bicyclic) bond motifs is 2. The maximum Gasteiger partial charge on any atom is 0.341 e. The summed E-state index contributed by atoms with van der Waals surface area (Å²) < 4.78 is 11.0. The van der Waals surface area contributed by atoms with E-state index in [2.05, 4.69) is 24.1 Å². The lowest BCUT2D eigenvalue weighted by molar-refractivity contribution is 0.0526. The fourth-order valence-electron chi connectivity index (χ4n) is 4.31. The second-order valence-electron chi connectivity index (χ2n) is 7.97. The monoisotopic (exact) mass is 467 g/mol. The van der Waals surface area contributed by atoms with Gasteiger partial charge in [0.2, 0.25) is 5.55 Å². The molecular weight excluding hydrogens is 438 g/mol. The van der Waals surface area contributed by atoms with Crippen LogP contribution in [0.5, 0.6) is 0 Å². The molecule has 1 amide bonds. The van der Waals surface area contributed by atoms with Gasteiger partial charge in [0.05, 0.1) is 12.2 Å². The minimum absolute atomic E-state index is 0.124. The van der Waals surface area contributed by atoms with Crippen LogP contribution in [0.2, 0.25) is 0 Å². The molecule has 0 spiro atoms. The molecule has 0 unspecified atom stereocenters. The van der Waals surface area contributed by atoms with Crippen molar-refractivity contribution in [2.75, 3.05) is 29.9 Å². The third kappa shape index (κ3) is 4.53. The third-order valence-corrected chi connectivity index (χ3v) is 7.21. The van der Waals surface area contributed by atoms with Gasteiger partial charge in [-0.2, -0.15) is 0 Å². The van der Waals surface area contributed by atoms with Crippen LogP contribution < -0.4 is 15.8 Å². The van der Waals surface area contributed by atoms with E-state index in [9.17, 15) is 9.59 Å². The number of thiophene rings is 1. The topological polar surface area (TPSA) is 95.6 Å². The molecule has 0 radical (unpaired) electrons. The Morgan fingerprint density at radius 2 is 1.91 bits per heavy atom. The van der Waals surface area contributed by atoms with E-state index in [0.29, 0.717) is 16.1 Å². The summed E-state index contributed by atoms with van der Waals surface area (Å²) in [7, 11) is 0. The first-order chi connectivity index (χ1) is 16.0. The number of anilines is 2. The minimum Gasteiger partial charge on any atom is -0.462 e. The summed E-state index contributed by atoms with van der Waals surface area (Å²) in [6.07, 6.45) is 3.78. The van der Waals surface area contributed by atoms with Crippen LogP contribution in [0.15, 0.2) is 28.7 Å². The normalized spacial score (nSPS) is 12.9. The molecule has 3 aromatic rings. The number of nitrogens with zero attached hydrogens (tertiary/aromatic N) is 1. The first kappa shape index (κ1) is 23.0. The number of carbonyl (C=O) groups is 2. The summed E-state index contributed by atoms with van der Waals surface area (Å²) in [4.78, 5) is 29.1. The smallest absolute Gasteiger partial charge is 0.341 e. The van der Waals surface area contributed by atoms with Crippen molar-refractivity contribution >= 4 is 44.9 Å². The number of hydrogen-bond acceptors (Lipinski definition) is 7. The average molecular weight is 468 g/mol. The Labute approximate surface area is 196 Å². The average Bonchev–Trinajstić information content (AvgIpc) is 3.17. The van der Waals surface area contributed by atoms with Gasteiger partial charge in [-0.25, -0.2) is 4.79 Å². The molecule has 174 valence electrons. The number of benzene rings is 1. The Balaban J connectivity index is 1.67. The van der Waals surface area contributed by atoms with E-state index < -0.39 is 11.9 Å². The van der Waals surface area contributed by atoms with Gasteiger partial charge in [0, 0.05) is 35.1 Å². The second kappa shape index (κ2) is 9.79. The van der Waals surface area contributed by atoms with Gasteiger partial charge in [0.25, 0.3) is 5.91 Å². The van der Waals surface area contributed by atoms with E-state index >= 15 is 0 Å². The molecule has 0 saturated heterocycles. The SMILES string of the molecule is CCOC(=O)c1c(NC(=O)c2cc3ccc(N(CC)CC)cc3oc2=N)sc2c1CCCC2. The summed E-state index contributed by atoms with van der Waals surface area (Å²) in [5, 5.41) is 12.4. The van der Waals surface area contributed by atoms with Gasteiger partial charge < -0.3 is 19.4 Å². The van der Waals surface area contributed by atoms with Crippen LogP contribution in [0.4, 0.5) is 10.7 Å². The summed E-state index contributed by atoms with van der Waals surface area (Å²) in [6, 6.07) is 7.45. The first-order valence-corrected chi connectivity index (χ1v) is 12.3. The van der Waals surface area contributed by atoms with E-state index in [0.717, 1.165) is 60.3 Å². The highest BCUT2D eigenvalue weighted by Crippen LogP contribution is 2.38. The van der Waals surface area contributed by atoms with Crippen LogP contribution in [0.1, 0.15) is 64.8 Å². The number of amides is 1. The Morgan fingerprint density at radius 3 is 2.64 bits per heavy atom. The first-order valence-electron chi connectivity index (χ1n) is 11.5. The lowest BCUT2D eigenvalue weighted by Gasteiger charge is -2.21. The van der Waals surface area contributed by atoms with Crippen molar-refractivity contribution < 1.29 is 18.7 Å². The molecule has 4 rings (SSSR count). The summed E-state index contributed by atoms with van der Waals surface area (Å²) in [5.74, 6) is -0.881. The van der Waals surface area contributed by atoms with Crippen molar-refractivity contribution in [3.63, 3.8) is 0 Å². The molecule has 0 bridgehead atoms. The summed E-state index contributed by atoms with van der Waals surface area (Å²) in [6.45, 7) is 7.94. The molecule has 33 heavy (non-hydrogen) atoms. The molecule has 8 heteroatoms. The van der Waals surface area contributed by atoms with Gasteiger partial charge in [-0.1, -0.05) is 0 Å². The summed E-state index contributed by atoms with van der Waals surface area (Å²) >= 11 is 1.43. The lowest BCUT2D eigenvalue weighted by Crippen LogP contribution is -2.22. The van der Waals surface area contributed by atoms with Crippen LogP contribution in [-0.4, -0.2) is 31.6 Å². The van der Waals surface area contributed by atoms with Crippen LogP contribution in [0.25, 0.3) is 11.0 Å². The van der Waals surface area contributed by atoms with Crippen molar-refractivity contribution in [1.82, 2.24) is 0 Å². The van der Waals surface area contributed by atoms with E-state index in [1.165, 1.54) is 11.3 Å². The molecular formula is C25H29N3O4S. The second-order valence-corrected chi connectivity index (χ2v) is 9.08. The predicted octanol–water partition coefficient (Wildman–Crippen LogP) is 5.13. The van der Waals surface area contributed by atoms with E-state index in [1.54, 1.807) is 13.0 Å². The number of ether oxygens (including phenoxy) is 1. The molecule has 0 atom stereocenters. The van der Waals surface area contributed by atoms with Crippen LogP contribution >= 0.6 is 11.3 Å². The molecule has 1 aliphatic carbocycles. The molecule has 7 nitrogen and oxygen atoms in total. The zero-order valence-corrected chi connectivity index (χ0v) is 20.1. The van der Waals surface area contributed by atoms with E-state index in [1.807, 2.05) is 18.2 Å². The molecule has 1 aliphatic rings. The van der Waals surface area contributed by atoms with E-state index in [4.69, 9.17) is 14.6 Å². The Kier molecular flexibility index (Phi) is 6.83. The van der Waals surface area contributed by atoms with Gasteiger partial charge in [-0.15, -0.1) is 11.3 Å². The molecule has 0 saturated carbocycles. The Bertz CT molecular complexity index is 1260. The number of aryl methyl sites for hydroxylation is 1. The molecule has 2 aromatic heterocycles. The highest BCUT2D eigenvalue weighted by Gasteiger charge is 2.28. The molecule has 0 fully saturated rings. The zero-order valence-electron chi connectivity index (χ0n) is 19.2. The molecule has 0 aliphatic heterocycles. The van der Waals surface area contributed by atoms with Crippen molar-refractivity contribution in [3.05, 3.63) is 51.4 Å². The van der Waals surface area contributed by atoms with Crippen molar-refractivity contribution in [3.8, 4) is 0 Å². The number of rotatable bonds is 7. The maximum atomic E-state index is 13.1. The number of carbonyl (C=O) groups excluding carboxylic acids is 2. The number of hydrogen-bond donors (Lipinski definition) is 2. The van der Waals surface area contributed by atoms with Crippen molar-refractivity contribution in [1.29, 1.82) is 5.41 Å². The van der Waals surface area contributed by atoms with Crippen LogP contribution in [0, 0.1) is 5.41 Å². The predicted molar refractivity (Wildman–Crippen MR) is 131 cm³/mol. The van der Waals surface area contributed by atoms with Gasteiger partial charge in [0.1, 0.15) is 16.1 Å².